The van der Waals surface area contributed by atoms with E-state index < -0.39 is 5.97 Å². The number of nitrogens with zero attached hydrogens (tertiary/aromatic N) is 2. The van der Waals surface area contributed by atoms with Gasteiger partial charge in [-0.1, -0.05) is 72.4 Å². The van der Waals surface area contributed by atoms with Gasteiger partial charge < -0.3 is 10.1 Å². The van der Waals surface area contributed by atoms with Crippen LogP contribution in [-0.4, -0.2) is 34.2 Å². The van der Waals surface area contributed by atoms with E-state index in [9.17, 15) is 9.59 Å². The second kappa shape index (κ2) is 10.7. The Kier molecular flexibility index (Phi) is 7.21. The van der Waals surface area contributed by atoms with E-state index in [4.69, 9.17) is 14.7 Å². The molecule has 0 atom stereocenters. The molecule has 2 aromatic heterocycles. The van der Waals surface area contributed by atoms with Gasteiger partial charge in [0, 0.05) is 21.2 Å². The van der Waals surface area contributed by atoms with E-state index in [2.05, 4.69) is 23.5 Å². The minimum Gasteiger partial charge on any atom is -0.462 e. The summed E-state index contributed by atoms with van der Waals surface area (Å²) in [4.78, 5) is 36.2. The average molecular weight is 528 g/mol. The lowest BCUT2D eigenvalue weighted by Crippen LogP contribution is -2.16. The molecule has 0 aliphatic carbocycles. The molecule has 0 spiro atoms. The summed E-state index contributed by atoms with van der Waals surface area (Å²) in [6.45, 7) is 5.83. The number of rotatable bonds is 7. The molecule has 0 saturated carbocycles. The molecule has 0 aliphatic heterocycles. The summed E-state index contributed by atoms with van der Waals surface area (Å²) >= 11 is 2.74. The van der Waals surface area contributed by atoms with Crippen LogP contribution in [0.1, 0.15) is 27.7 Å². The van der Waals surface area contributed by atoms with E-state index >= 15 is 0 Å². The number of esters is 1. The number of amides is 1. The first-order chi connectivity index (χ1) is 18.0. The molecule has 0 aliphatic rings. The van der Waals surface area contributed by atoms with Crippen molar-refractivity contribution in [1.82, 2.24) is 9.97 Å². The number of anilines is 1. The van der Waals surface area contributed by atoms with E-state index in [0.717, 1.165) is 42.7 Å². The Morgan fingerprint density at radius 2 is 1.70 bits per heavy atom. The van der Waals surface area contributed by atoms with Gasteiger partial charge in [-0.2, -0.15) is 0 Å². The summed E-state index contributed by atoms with van der Waals surface area (Å²) in [5.74, 6) is 0.103. The van der Waals surface area contributed by atoms with Gasteiger partial charge in [0.25, 0.3) is 0 Å². The van der Waals surface area contributed by atoms with Crippen molar-refractivity contribution in [2.75, 3.05) is 17.7 Å². The van der Waals surface area contributed by atoms with Gasteiger partial charge in [-0.25, -0.2) is 14.8 Å². The van der Waals surface area contributed by atoms with Gasteiger partial charge in [0.05, 0.1) is 23.4 Å². The number of hydrogen-bond acceptors (Lipinski definition) is 7. The van der Waals surface area contributed by atoms with Crippen LogP contribution in [0.25, 0.3) is 33.1 Å². The molecule has 5 rings (SSSR count). The first-order valence-corrected chi connectivity index (χ1v) is 13.7. The summed E-state index contributed by atoms with van der Waals surface area (Å²) < 4.78 is 5.21. The third-order valence-corrected chi connectivity index (χ3v) is 8.16. The van der Waals surface area contributed by atoms with Crippen LogP contribution in [0.4, 0.5) is 5.00 Å². The number of aryl methyl sites for hydroxylation is 1. The smallest absolute Gasteiger partial charge is 0.341 e. The maximum Gasteiger partial charge on any atom is 0.341 e. The summed E-state index contributed by atoms with van der Waals surface area (Å²) in [6, 6.07) is 22.0. The summed E-state index contributed by atoms with van der Waals surface area (Å²) in [5, 5.41) is 7.19. The summed E-state index contributed by atoms with van der Waals surface area (Å²) in [5.41, 5.74) is 3.01. The van der Waals surface area contributed by atoms with Crippen molar-refractivity contribution in [3.63, 3.8) is 0 Å². The Bertz CT molecular complexity index is 1630. The Labute approximate surface area is 223 Å². The maximum absolute atomic E-state index is 13.0. The first kappa shape index (κ1) is 24.9. The van der Waals surface area contributed by atoms with Crippen molar-refractivity contribution in [2.45, 2.75) is 25.8 Å². The predicted octanol–water partition coefficient (Wildman–Crippen LogP) is 7.04. The standard InChI is InChI=1S/C29H25N3O3S2/c1-4-35-29(34)24-17(2)18(3)37-28(24)30-23(33)16-36-27-22-15-14-19-10-8-9-13-21(19)25(22)31-26(32-27)20-11-6-5-7-12-20/h5-15H,4,16H2,1-3H3,(H,30,33). The number of benzene rings is 3. The number of carbonyl (C=O) groups excluding carboxylic acids is 2. The minimum absolute atomic E-state index is 0.130. The zero-order valence-corrected chi connectivity index (χ0v) is 22.3. The number of carbonyl (C=O) groups is 2. The molecule has 1 N–H and O–H groups in total. The van der Waals surface area contributed by atoms with E-state index in [1.807, 2.05) is 62.4 Å². The third kappa shape index (κ3) is 5.08. The number of hydrogen-bond donors (Lipinski definition) is 1. The first-order valence-electron chi connectivity index (χ1n) is 11.9. The van der Waals surface area contributed by atoms with Gasteiger partial charge in [0.15, 0.2) is 5.82 Å². The van der Waals surface area contributed by atoms with Crippen molar-refractivity contribution < 1.29 is 14.3 Å². The molecule has 37 heavy (non-hydrogen) atoms. The SMILES string of the molecule is CCOC(=O)c1c(NC(=O)CSc2nc(-c3ccccc3)nc3c2ccc2ccccc23)sc(C)c1C. The predicted molar refractivity (Wildman–Crippen MR) is 152 cm³/mol. The molecule has 0 fully saturated rings. The van der Waals surface area contributed by atoms with Crippen molar-refractivity contribution >= 4 is 61.7 Å². The van der Waals surface area contributed by atoms with Crippen LogP contribution >= 0.6 is 23.1 Å². The molecule has 8 heteroatoms. The maximum atomic E-state index is 13.0. The molecule has 0 bridgehead atoms. The molecule has 5 aromatic rings. The van der Waals surface area contributed by atoms with Gasteiger partial charge >= 0.3 is 5.97 Å². The Morgan fingerprint density at radius 1 is 0.946 bits per heavy atom. The number of nitrogens with one attached hydrogen (secondary N) is 1. The molecule has 186 valence electrons. The Balaban J connectivity index is 1.47. The quantitative estimate of drug-likeness (QED) is 0.106. The minimum atomic E-state index is -0.423. The van der Waals surface area contributed by atoms with E-state index in [1.165, 1.54) is 23.1 Å². The summed E-state index contributed by atoms with van der Waals surface area (Å²) in [6.07, 6.45) is 0. The highest BCUT2D eigenvalue weighted by Crippen LogP contribution is 2.35. The monoisotopic (exact) mass is 527 g/mol. The molecule has 1 amide bonds. The fourth-order valence-corrected chi connectivity index (χ4v) is 6.00. The van der Waals surface area contributed by atoms with Crippen molar-refractivity contribution in [2.24, 2.45) is 0 Å². The lowest BCUT2D eigenvalue weighted by Gasteiger charge is -2.11. The van der Waals surface area contributed by atoms with Crippen LogP contribution in [0.3, 0.4) is 0 Å². The van der Waals surface area contributed by atoms with Gasteiger partial charge in [-0.05, 0) is 37.8 Å². The zero-order valence-electron chi connectivity index (χ0n) is 20.7. The molecule has 0 unspecified atom stereocenters. The third-order valence-electron chi connectivity index (χ3n) is 6.05. The molecular formula is C29H25N3O3S2. The normalized spacial score (nSPS) is 11.1. The highest BCUT2D eigenvalue weighted by Gasteiger charge is 2.22. The van der Waals surface area contributed by atoms with E-state index in [1.54, 1.807) is 6.92 Å². The van der Waals surface area contributed by atoms with Gasteiger partial charge in [0.2, 0.25) is 5.91 Å². The van der Waals surface area contributed by atoms with Crippen LogP contribution in [0.15, 0.2) is 71.8 Å². The molecule has 2 heterocycles. The average Bonchev–Trinajstić information content (AvgIpc) is 3.19. The Morgan fingerprint density at radius 3 is 2.49 bits per heavy atom. The van der Waals surface area contributed by atoms with Crippen LogP contribution in [0.2, 0.25) is 0 Å². The second-order valence-corrected chi connectivity index (χ2v) is 10.6. The largest absolute Gasteiger partial charge is 0.462 e. The van der Waals surface area contributed by atoms with Crippen LogP contribution in [-0.2, 0) is 9.53 Å². The number of thiophene rings is 1. The van der Waals surface area contributed by atoms with Crippen molar-refractivity contribution in [3.05, 3.63) is 82.7 Å². The fraction of sp³-hybridized carbons (Fsp3) is 0.172. The van der Waals surface area contributed by atoms with Crippen LogP contribution < -0.4 is 5.32 Å². The molecule has 6 nitrogen and oxygen atoms in total. The fourth-order valence-electron chi connectivity index (χ4n) is 4.12. The van der Waals surface area contributed by atoms with E-state index in [-0.39, 0.29) is 18.3 Å². The van der Waals surface area contributed by atoms with Crippen molar-refractivity contribution in [3.8, 4) is 11.4 Å². The van der Waals surface area contributed by atoms with Crippen LogP contribution in [0, 0.1) is 13.8 Å². The second-order valence-electron chi connectivity index (χ2n) is 8.45. The molecular weight excluding hydrogens is 502 g/mol. The Hall–Kier alpha value is -3.75. The summed E-state index contributed by atoms with van der Waals surface area (Å²) in [7, 11) is 0. The lowest BCUT2D eigenvalue weighted by atomic mass is 10.1. The van der Waals surface area contributed by atoms with Gasteiger partial charge in [0.1, 0.15) is 10.0 Å². The molecule has 0 radical (unpaired) electrons. The van der Waals surface area contributed by atoms with Crippen molar-refractivity contribution in [1.29, 1.82) is 0 Å². The van der Waals surface area contributed by atoms with Gasteiger partial charge in [-0.3, -0.25) is 4.79 Å². The topological polar surface area (TPSA) is 81.2 Å². The highest BCUT2D eigenvalue weighted by atomic mass is 32.2. The zero-order chi connectivity index (χ0) is 25.9. The number of fused-ring (bicyclic) bond motifs is 3. The highest BCUT2D eigenvalue weighted by molar-refractivity contribution is 8.00. The number of thioether (sulfide) groups is 1. The number of ether oxygens (including phenoxy) is 1. The van der Waals surface area contributed by atoms with Gasteiger partial charge in [-0.15, -0.1) is 11.3 Å². The van der Waals surface area contributed by atoms with E-state index in [0.29, 0.717) is 16.4 Å². The number of aromatic nitrogens is 2. The molecule has 0 saturated heterocycles. The molecule has 3 aromatic carbocycles. The lowest BCUT2D eigenvalue weighted by molar-refractivity contribution is -0.113. The van der Waals surface area contributed by atoms with Crippen LogP contribution in [0.5, 0.6) is 0 Å².